The third-order valence-corrected chi connectivity index (χ3v) is 0. The van der Waals surface area contributed by atoms with Gasteiger partial charge in [-0.1, -0.05) is 0 Å². The van der Waals surface area contributed by atoms with Crippen LogP contribution in [0.3, 0.4) is 0 Å². The molecule has 64 valence electrons. The second-order valence-electron chi connectivity index (χ2n) is 0.908. The van der Waals surface area contributed by atoms with Crippen LogP contribution in [0.2, 0.25) is 0 Å². The molecular weight excluding hydrogens is 132 g/mol. The molecule has 0 atom stereocenters. The number of hydrogen-bond donors (Lipinski definition) is 0. The summed E-state index contributed by atoms with van der Waals surface area (Å²) in [5.74, 6) is 0.167. The van der Waals surface area contributed by atoms with Crippen LogP contribution in [0, 0.1) is 0 Å². The zero-order valence-corrected chi connectivity index (χ0v) is 5.41. The summed E-state index contributed by atoms with van der Waals surface area (Å²) >= 11 is 0. The third kappa shape index (κ3) is 796. The van der Waals surface area contributed by atoms with Crippen LogP contribution in [0.15, 0.2) is 0 Å². The molecule has 0 saturated heterocycles. The van der Waals surface area contributed by atoms with Gasteiger partial charge in [0.05, 0.1) is 0 Å². The van der Waals surface area contributed by atoms with Gasteiger partial charge in [0, 0.05) is 0 Å². The molecule has 6 nitrogen and oxygen atoms in total. The number of carbonyl (C=O) groups excluding carboxylic acids is 1. The first-order chi connectivity index (χ1) is 1.73. The highest BCUT2D eigenvalue weighted by Gasteiger charge is 1.62. The van der Waals surface area contributed by atoms with Gasteiger partial charge in [-0.05, 0) is 13.8 Å². The van der Waals surface area contributed by atoms with E-state index in [2.05, 4.69) is 0 Å². The summed E-state index contributed by atoms with van der Waals surface area (Å²) in [5, 5.41) is 0. The van der Waals surface area contributed by atoms with Gasteiger partial charge in [0.1, 0.15) is 5.78 Å². The lowest BCUT2D eigenvalue weighted by Crippen LogP contribution is -1.69. The smallest absolute Gasteiger partial charge is 0.126 e. The van der Waals surface area contributed by atoms with E-state index in [1.807, 2.05) is 0 Å². The summed E-state index contributed by atoms with van der Waals surface area (Å²) in [6.45, 7) is 3.06. The Morgan fingerprint density at radius 3 is 0.778 bits per heavy atom. The van der Waals surface area contributed by atoms with Crippen molar-refractivity contribution in [1.29, 1.82) is 0 Å². The predicted octanol–water partition coefficient (Wildman–Crippen LogP) is -3.53. The first-order valence-electron chi connectivity index (χ1n) is 1.20. The molecule has 0 aromatic rings. The van der Waals surface area contributed by atoms with E-state index in [0.717, 1.165) is 0 Å². The van der Waals surface area contributed by atoms with Crippen LogP contribution in [0.5, 0.6) is 0 Å². The molecule has 6 heteroatoms. The molecule has 0 spiro atoms. The fourth-order valence-corrected chi connectivity index (χ4v) is 0. The van der Waals surface area contributed by atoms with Gasteiger partial charge in [0.15, 0.2) is 0 Å². The zero-order valence-electron chi connectivity index (χ0n) is 5.41. The molecule has 0 rings (SSSR count). The maximum Gasteiger partial charge on any atom is 0.126 e. The van der Waals surface area contributed by atoms with Crippen LogP contribution in [0.4, 0.5) is 0 Å². The van der Waals surface area contributed by atoms with Crippen LogP contribution >= 0.6 is 0 Å². The molecule has 0 aromatic carbocycles. The Hall–Kier alpha value is -0.530. The van der Waals surface area contributed by atoms with Crippen molar-refractivity contribution in [2.75, 3.05) is 0 Å². The molecule has 0 radical (unpaired) electrons. The molecule has 0 unspecified atom stereocenters. The molecular formula is C3H16O6. The molecule has 0 heterocycles. The van der Waals surface area contributed by atoms with Crippen molar-refractivity contribution in [2.24, 2.45) is 0 Å². The summed E-state index contributed by atoms with van der Waals surface area (Å²) in [6.07, 6.45) is 0. The Morgan fingerprint density at radius 1 is 0.778 bits per heavy atom. The zero-order chi connectivity index (χ0) is 3.58. The molecule has 10 N–H and O–H groups in total. The maximum atomic E-state index is 9.44. The molecule has 0 aromatic heterocycles. The van der Waals surface area contributed by atoms with Crippen LogP contribution in [0.1, 0.15) is 13.8 Å². The monoisotopic (exact) mass is 148 g/mol. The van der Waals surface area contributed by atoms with E-state index >= 15 is 0 Å². The van der Waals surface area contributed by atoms with E-state index < -0.39 is 0 Å². The Balaban J connectivity index is -0.00000000450. The normalized spacial score (nSPS) is 2.89. The van der Waals surface area contributed by atoms with Crippen molar-refractivity contribution < 1.29 is 32.2 Å². The first kappa shape index (κ1) is 77.5. The van der Waals surface area contributed by atoms with E-state index in [4.69, 9.17) is 0 Å². The highest BCUT2D eigenvalue weighted by Crippen LogP contribution is 1.50. The summed E-state index contributed by atoms with van der Waals surface area (Å²) in [6, 6.07) is 0. The molecule has 9 heavy (non-hydrogen) atoms. The number of rotatable bonds is 0. The number of carbonyl (C=O) groups is 1. The third-order valence-electron chi connectivity index (χ3n) is 0. The van der Waals surface area contributed by atoms with Crippen LogP contribution in [-0.2, 0) is 4.79 Å². The van der Waals surface area contributed by atoms with Crippen LogP contribution in [0.25, 0.3) is 0 Å². The van der Waals surface area contributed by atoms with Gasteiger partial charge in [-0.25, -0.2) is 0 Å². The number of hydrogen-bond acceptors (Lipinski definition) is 1. The minimum Gasteiger partial charge on any atom is -0.412 e. The van der Waals surface area contributed by atoms with Crippen molar-refractivity contribution >= 4 is 5.78 Å². The second kappa shape index (κ2) is 51.3. The lowest BCUT2D eigenvalue weighted by molar-refractivity contribution is -0.114. The average molecular weight is 148 g/mol. The summed E-state index contributed by atoms with van der Waals surface area (Å²) in [4.78, 5) is 9.44. The van der Waals surface area contributed by atoms with E-state index in [9.17, 15) is 4.79 Å². The molecule has 0 saturated carbocycles. The van der Waals surface area contributed by atoms with Gasteiger partial charge in [-0.3, -0.25) is 0 Å². The van der Waals surface area contributed by atoms with Crippen molar-refractivity contribution in [3.63, 3.8) is 0 Å². The fourth-order valence-electron chi connectivity index (χ4n) is 0. The van der Waals surface area contributed by atoms with E-state index in [1.54, 1.807) is 0 Å². The maximum absolute atomic E-state index is 9.44. The van der Waals surface area contributed by atoms with Gasteiger partial charge >= 0.3 is 0 Å². The Bertz CT molecular complexity index is 31.3. The van der Waals surface area contributed by atoms with E-state index in [0.29, 0.717) is 0 Å². The topological polar surface area (TPSA) is 175 Å². The van der Waals surface area contributed by atoms with Gasteiger partial charge in [-0.2, -0.15) is 0 Å². The van der Waals surface area contributed by atoms with Gasteiger partial charge < -0.3 is 32.2 Å². The summed E-state index contributed by atoms with van der Waals surface area (Å²) in [5.41, 5.74) is 0. The first-order valence-corrected chi connectivity index (χ1v) is 1.20. The minimum atomic E-state index is 0. The standard InChI is InChI=1S/C3H6O.5H2O/c1-3(2)4;;;;;/h1-2H3;5*1H2. The number of ketones is 1. The average Bonchev–Trinajstić information content (AvgIpc) is 0.811. The van der Waals surface area contributed by atoms with Crippen molar-refractivity contribution in [3.05, 3.63) is 0 Å². The number of Topliss-reactive ketones (excluding diaryl/α,β-unsaturated/α-hetero) is 1. The largest absolute Gasteiger partial charge is 0.412 e. The van der Waals surface area contributed by atoms with Gasteiger partial charge in [-0.15, -0.1) is 0 Å². The highest BCUT2D eigenvalue weighted by molar-refractivity contribution is 5.72. The molecule has 0 amide bonds. The summed E-state index contributed by atoms with van der Waals surface area (Å²) < 4.78 is 0. The van der Waals surface area contributed by atoms with E-state index in [-0.39, 0.29) is 33.2 Å². The minimum absolute atomic E-state index is 0. The second-order valence-corrected chi connectivity index (χ2v) is 0.908. The van der Waals surface area contributed by atoms with Gasteiger partial charge in [0.25, 0.3) is 0 Å². The molecule has 0 fully saturated rings. The van der Waals surface area contributed by atoms with Crippen molar-refractivity contribution in [1.82, 2.24) is 0 Å². The Kier molecular flexibility index (Phi) is 441. The lowest BCUT2D eigenvalue weighted by Gasteiger charge is -1.56. The Morgan fingerprint density at radius 2 is 0.778 bits per heavy atom. The molecule has 0 aliphatic carbocycles. The highest BCUT2D eigenvalue weighted by atomic mass is 16.1. The Labute approximate surface area is 53.0 Å². The fraction of sp³-hybridized carbons (Fsp3) is 0.667. The van der Waals surface area contributed by atoms with Crippen molar-refractivity contribution in [2.45, 2.75) is 13.8 Å². The SMILES string of the molecule is CC(C)=O.O.O.O.O.O. The quantitative estimate of drug-likeness (QED) is 0.340. The van der Waals surface area contributed by atoms with Crippen molar-refractivity contribution in [3.8, 4) is 0 Å². The predicted molar refractivity (Wildman–Crippen MR) is 34.4 cm³/mol. The summed E-state index contributed by atoms with van der Waals surface area (Å²) in [7, 11) is 0. The van der Waals surface area contributed by atoms with E-state index in [1.165, 1.54) is 13.8 Å². The lowest BCUT2D eigenvalue weighted by atomic mass is 10.6. The molecule has 0 bridgehead atoms. The van der Waals surface area contributed by atoms with Gasteiger partial charge in [0.2, 0.25) is 0 Å². The van der Waals surface area contributed by atoms with Crippen LogP contribution < -0.4 is 0 Å². The van der Waals surface area contributed by atoms with Crippen LogP contribution in [-0.4, -0.2) is 33.2 Å². The molecule has 0 aliphatic heterocycles. The molecule has 0 aliphatic rings.